The van der Waals surface area contributed by atoms with Gasteiger partial charge in [-0.15, -0.1) is 0 Å². The van der Waals surface area contributed by atoms with E-state index in [0.29, 0.717) is 5.92 Å². The van der Waals surface area contributed by atoms with E-state index in [-0.39, 0.29) is 11.4 Å². The molecule has 1 saturated carbocycles. The third kappa shape index (κ3) is 3.57. The summed E-state index contributed by atoms with van der Waals surface area (Å²) in [4.78, 5) is 0. The molecule has 2 rings (SSSR count). The first-order valence-corrected chi connectivity index (χ1v) is 7.21. The summed E-state index contributed by atoms with van der Waals surface area (Å²) in [6.07, 6.45) is 11.7. The van der Waals surface area contributed by atoms with Gasteiger partial charge in [0.2, 0.25) is 0 Å². The summed E-state index contributed by atoms with van der Waals surface area (Å²) in [5.74, 6) is 0.795. The average molecular weight is 269 g/mol. The zero-order valence-corrected chi connectivity index (χ0v) is 11.7. The topological polar surface area (TPSA) is 23.8 Å². The molecule has 20 heavy (non-hydrogen) atoms. The molecular formula is C18H20FN. The molecule has 1 nitrogen and oxygen atoms in total. The zero-order valence-electron chi connectivity index (χ0n) is 11.7. The summed E-state index contributed by atoms with van der Waals surface area (Å²) >= 11 is 0. The molecule has 0 heterocycles. The van der Waals surface area contributed by atoms with Gasteiger partial charge in [0.25, 0.3) is 0 Å². The molecule has 1 aromatic carbocycles. The van der Waals surface area contributed by atoms with Crippen LogP contribution in [0.3, 0.4) is 0 Å². The Kier molecular flexibility index (Phi) is 5.12. The molecule has 1 aliphatic rings. The monoisotopic (exact) mass is 269 g/mol. The standard InChI is InChI=1S/C18H20FN/c1-2-3-4-5-14-6-8-15(9-7-14)16-10-11-17(13-20)18(19)12-16/h2-4,10-12,14-15H,1,5-9H2/b4-3-. The lowest BCUT2D eigenvalue weighted by Crippen LogP contribution is -2.13. The second-order valence-electron chi connectivity index (χ2n) is 5.47. The number of rotatable bonds is 4. The summed E-state index contributed by atoms with van der Waals surface area (Å²) in [5.41, 5.74) is 1.18. The molecule has 1 aliphatic carbocycles. The van der Waals surface area contributed by atoms with Crippen molar-refractivity contribution < 1.29 is 4.39 Å². The highest BCUT2D eigenvalue weighted by Crippen LogP contribution is 2.37. The second kappa shape index (κ2) is 7.05. The number of hydrogen-bond donors (Lipinski definition) is 0. The van der Waals surface area contributed by atoms with Crippen LogP contribution >= 0.6 is 0 Å². The Hall–Kier alpha value is -1.88. The first-order valence-electron chi connectivity index (χ1n) is 7.21. The predicted octanol–water partition coefficient (Wildman–Crippen LogP) is 5.10. The van der Waals surface area contributed by atoms with Crippen LogP contribution in [0, 0.1) is 23.1 Å². The summed E-state index contributed by atoms with van der Waals surface area (Å²) in [5, 5.41) is 8.75. The van der Waals surface area contributed by atoms with E-state index in [1.165, 1.54) is 12.8 Å². The van der Waals surface area contributed by atoms with Crippen LogP contribution in [0.25, 0.3) is 0 Å². The van der Waals surface area contributed by atoms with Crippen molar-refractivity contribution in [2.24, 2.45) is 5.92 Å². The van der Waals surface area contributed by atoms with Crippen molar-refractivity contribution in [3.8, 4) is 6.07 Å². The molecule has 0 aliphatic heterocycles. The minimum absolute atomic E-state index is 0.136. The van der Waals surface area contributed by atoms with Gasteiger partial charge in [0.05, 0.1) is 5.56 Å². The average Bonchev–Trinajstić information content (AvgIpc) is 2.48. The Morgan fingerprint density at radius 3 is 2.65 bits per heavy atom. The number of allylic oxidation sites excluding steroid dienone is 3. The molecule has 0 spiro atoms. The lowest BCUT2D eigenvalue weighted by molar-refractivity contribution is 0.328. The Balaban J connectivity index is 1.94. The number of halogens is 1. The summed E-state index contributed by atoms with van der Waals surface area (Å²) in [6, 6.07) is 6.92. The van der Waals surface area contributed by atoms with Gasteiger partial charge in [-0.05, 0) is 61.6 Å². The maximum atomic E-state index is 13.6. The number of benzene rings is 1. The highest BCUT2D eigenvalue weighted by Gasteiger charge is 2.22. The van der Waals surface area contributed by atoms with E-state index < -0.39 is 0 Å². The van der Waals surface area contributed by atoms with E-state index >= 15 is 0 Å². The minimum atomic E-state index is -0.388. The Morgan fingerprint density at radius 1 is 1.30 bits per heavy atom. The molecule has 0 unspecified atom stereocenters. The van der Waals surface area contributed by atoms with Crippen molar-refractivity contribution in [3.05, 3.63) is 60.0 Å². The molecule has 0 amide bonds. The van der Waals surface area contributed by atoms with Crippen molar-refractivity contribution in [1.82, 2.24) is 0 Å². The quantitative estimate of drug-likeness (QED) is 0.697. The Morgan fingerprint density at radius 2 is 2.05 bits per heavy atom. The largest absolute Gasteiger partial charge is 0.206 e. The van der Waals surface area contributed by atoms with Crippen LogP contribution in [0.2, 0.25) is 0 Å². The van der Waals surface area contributed by atoms with Gasteiger partial charge >= 0.3 is 0 Å². The summed E-state index contributed by atoms with van der Waals surface area (Å²) < 4.78 is 13.6. The lowest BCUT2D eigenvalue weighted by atomic mass is 9.77. The molecule has 1 aromatic rings. The van der Waals surface area contributed by atoms with Crippen LogP contribution < -0.4 is 0 Å². The molecule has 2 heteroatoms. The van der Waals surface area contributed by atoms with E-state index in [9.17, 15) is 4.39 Å². The lowest BCUT2D eigenvalue weighted by Gasteiger charge is -2.28. The number of nitriles is 1. The SMILES string of the molecule is C=C/C=C\CC1CCC(c2ccc(C#N)c(F)c2)CC1. The van der Waals surface area contributed by atoms with Gasteiger partial charge in [-0.25, -0.2) is 4.39 Å². The van der Waals surface area contributed by atoms with E-state index in [2.05, 4.69) is 12.7 Å². The zero-order chi connectivity index (χ0) is 14.4. The van der Waals surface area contributed by atoms with Gasteiger partial charge in [0, 0.05) is 0 Å². The second-order valence-corrected chi connectivity index (χ2v) is 5.47. The van der Waals surface area contributed by atoms with E-state index in [0.717, 1.165) is 30.7 Å². The van der Waals surface area contributed by atoms with Crippen molar-refractivity contribution in [2.75, 3.05) is 0 Å². The van der Waals surface area contributed by atoms with Crippen LogP contribution in [0.15, 0.2) is 43.0 Å². The summed E-state index contributed by atoms with van der Waals surface area (Å²) in [7, 11) is 0. The number of hydrogen-bond acceptors (Lipinski definition) is 1. The van der Waals surface area contributed by atoms with E-state index in [1.54, 1.807) is 12.1 Å². The predicted molar refractivity (Wildman–Crippen MR) is 79.8 cm³/mol. The van der Waals surface area contributed by atoms with E-state index in [1.807, 2.05) is 24.3 Å². The van der Waals surface area contributed by atoms with Crippen LogP contribution in [-0.4, -0.2) is 0 Å². The highest BCUT2D eigenvalue weighted by molar-refractivity contribution is 5.34. The van der Waals surface area contributed by atoms with Crippen molar-refractivity contribution in [3.63, 3.8) is 0 Å². The third-order valence-corrected chi connectivity index (χ3v) is 4.17. The van der Waals surface area contributed by atoms with Gasteiger partial charge in [0.15, 0.2) is 0 Å². The van der Waals surface area contributed by atoms with E-state index in [4.69, 9.17) is 5.26 Å². The van der Waals surface area contributed by atoms with Crippen LogP contribution in [-0.2, 0) is 0 Å². The molecule has 0 aromatic heterocycles. The maximum absolute atomic E-state index is 13.6. The molecule has 0 bridgehead atoms. The molecule has 104 valence electrons. The fourth-order valence-corrected chi connectivity index (χ4v) is 2.97. The molecule has 0 radical (unpaired) electrons. The van der Waals surface area contributed by atoms with Gasteiger partial charge in [-0.2, -0.15) is 5.26 Å². The Labute approximate surface area is 120 Å². The molecule has 0 atom stereocenters. The third-order valence-electron chi connectivity index (χ3n) is 4.17. The van der Waals surface area contributed by atoms with Gasteiger partial charge < -0.3 is 0 Å². The molecule has 1 fully saturated rings. The van der Waals surface area contributed by atoms with Gasteiger partial charge in [-0.3, -0.25) is 0 Å². The minimum Gasteiger partial charge on any atom is -0.206 e. The van der Waals surface area contributed by atoms with Crippen LogP contribution in [0.5, 0.6) is 0 Å². The smallest absolute Gasteiger partial charge is 0.141 e. The first kappa shape index (κ1) is 14.5. The van der Waals surface area contributed by atoms with Gasteiger partial charge in [0.1, 0.15) is 11.9 Å². The van der Waals surface area contributed by atoms with Crippen molar-refractivity contribution in [1.29, 1.82) is 5.26 Å². The molecular weight excluding hydrogens is 249 g/mol. The molecule has 0 N–H and O–H groups in total. The van der Waals surface area contributed by atoms with Crippen LogP contribution in [0.1, 0.15) is 49.1 Å². The highest BCUT2D eigenvalue weighted by atomic mass is 19.1. The first-order chi connectivity index (χ1) is 9.74. The van der Waals surface area contributed by atoms with Crippen molar-refractivity contribution in [2.45, 2.75) is 38.0 Å². The van der Waals surface area contributed by atoms with Crippen LogP contribution in [0.4, 0.5) is 4.39 Å². The Bertz CT molecular complexity index is 531. The maximum Gasteiger partial charge on any atom is 0.141 e. The van der Waals surface area contributed by atoms with Crippen molar-refractivity contribution >= 4 is 0 Å². The van der Waals surface area contributed by atoms with Gasteiger partial charge in [-0.1, -0.05) is 30.9 Å². The fraction of sp³-hybridized carbons (Fsp3) is 0.389. The molecule has 0 saturated heterocycles. The number of nitrogens with zero attached hydrogens (tertiary/aromatic N) is 1. The normalized spacial score (nSPS) is 22.6. The fourth-order valence-electron chi connectivity index (χ4n) is 2.97. The summed E-state index contributed by atoms with van der Waals surface area (Å²) in [6.45, 7) is 3.67.